The fraction of sp³-hybridized carbons (Fsp3) is 0.150. The maximum absolute atomic E-state index is 6.25. The largest absolute Gasteiger partial charge is 0.384 e. The highest BCUT2D eigenvalue weighted by atomic mass is 15.3. The lowest BCUT2D eigenvalue weighted by Crippen LogP contribution is -2.20. The highest BCUT2D eigenvalue weighted by Gasteiger charge is 2.15. The van der Waals surface area contributed by atoms with Crippen LogP contribution in [-0.2, 0) is 0 Å². The summed E-state index contributed by atoms with van der Waals surface area (Å²) in [7, 11) is 0. The number of pyridine rings is 1. The molecule has 0 aliphatic carbocycles. The zero-order valence-corrected chi connectivity index (χ0v) is 14.2. The SMILES string of the molecule is Nc1cc(C2=CCNCC2)nc2c(-c3cnc4ccccc4c3)cnn12. The van der Waals surface area contributed by atoms with Gasteiger partial charge in [0.25, 0.3) is 0 Å². The second-order valence-electron chi connectivity index (χ2n) is 6.46. The first kappa shape index (κ1) is 15.0. The molecule has 1 aliphatic heterocycles. The Labute approximate surface area is 150 Å². The second-order valence-corrected chi connectivity index (χ2v) is 6.46. The van der Waals surface area contributed by atoms with Crippen molar-refractivity contribution >= 4 is 27.9 Å². The van der Waals surface area contributed by atoms with E-state index in [2.05, 4.69) is 33.6 Å². The van der Waals surface area contributed by atoms with Crippen LogP contribution in [0.2, 0.25) is 0 Å². The molecule has 1 aromatic carbocycles. The van der Waals surface area contributed by atoms with E-state index in [1.807, 2.05) is 36.7 Å². The van der Waals surface area contributed by atoms with Crippen molar-refractivity contribution in [3.63, 3.8) is 0 Å². The van der Waals surface area contributed by atoms with Gasteiger partial charge in [-0.25, -0.2) is 4.98 Å². The lowest BCUT2D eigenvalue weighted by atomic mass is 10.1. The molecule has 1 aliphatic rings. The number of rotatable bonds is 2. The van der Waals surface area contributed by atoms with Gasteiger partial charge in [0.2, 0.25) is 0 Å². The number of fused-ring (bicyclic) bond motifs is 2. The molecule has 4 aromatic rings. The summed E-state index contributed by atoms with van der Waals surface area (Å²) >= 11 is 0. The van der Waals surface area contributed by atoms with E-state index < -0.39 is 0 Å². The molecule has 128 valence electrons. The predicted molar refractivity (Wildman–Crippen MR) is 104 cm³/mol. The number of para-hydroxylation sites is 1. The molecule has 5 rings (SSSR count). The van der Waals surface area contributed by atoms with Crippen molar-refractivity contribution in [2.24, 2.45) is 0 Å². The Morgan fingerprint density at radius 2 is 2.04 bits per heavy atom. The monoisotopic (exact) mass is 342 g/mol. The van der Waals surface area contributed by atoms with Gasteiger partial charge in [0.1, 0.15) is 5.82 Å². The number of hydrogen-bond acceptors (Lipinski definition) is 5. The fourth-order valence-electron chi connectivity index (χ4n) is 3.43. The smallest absolute Gasteiger partial charge is 0.165 e. The lowest BCUT2D eigenvalue weighted by molar-refractivity contribution is 0.736. The van der Waals surface area contributed by atoms with Gasteiger partial charge >= 0.3 is 0 Å². The quantitative estimate of drug-likeness (QED) is 0.585. The van der Waals surface area contributed by atoms with Crippen molar-refractivity contribution < 1.29 is 0 Å². The maximum Gasteiger partial charge on any atom is 0.165 e. The van der Waals surface area contributed by atoms with Crippen LogP contribution in [0.3, 0.4) is 0 Å². The van der Waals surface area contributed by atoms with E-state index in [0.29, 0.717) is 5.82 Å². The van der Waals surface area contributed by atoms with Crippen molar-refractivity contribution in [1.29, 1.82) is 0 Å². The molecule has 0 unspecified atom stereocenters. The van der Waals surface area contributed by atoms with E-state index in [1.165, 1.54) is 5.57 Å². The summed E-state index contributed by atoms with van der Waals surface area (Å²) in [6.07, 6.45) is 6.80. The normalized spacial score (nSPS) is 14.7. The summed E-state index contributed by atoms with van der Waals surface area (Å²) in [5, 5.41) is 8.85. The third-order valence-corrected chi connectivity index (χ3v) is 4.79. The lowest BCUT2D eigenvalue weighted by Gasteiger charge is -2.14. The van der Waals surface area contributed by atoms with Gasteiger partial charge in [0, 0.05) is 35.3 Å². The van der Waals surface area contributed by atoms with E-state index in [1.54, 1.807) is 4.52 Å². The van der Waals surface area contributed by atoms with Crippen molar-refractivity contribution in [3.05, 3.63) is 60.6 Å². The Kier molecular flexibility index (Phi) is 3.43. The van der Waals surface area contributed by atoms with E-state index in [4.69, 9.17) is 10.7 Å². The zero-order chi connectivity index (χ0) is 17.5. The van der Waals surface area contributed by atoms with Crippen LogP contribution in [0.15, 0.2) is 54.9 Å². The Hall–Kier alpha value is -3.25. The summed E-state index contributed by atoms with van der Waals surface area (Å²) in [5.74, 6) is 0.587. The van der Waals surface area contributed by atoms with Crippen molar-refractivity contribution in [1.82, 2.24) is 24.9 Å². The first-order chi connectivity index (χ1) is 12.8. The van der Waals surface area contributed by atoms with Crippen LogP contribution in [0.5, 0.6) is 0 Å². The molecule has 3 aromatic heterocycles. The second kappa shape index (κ2) is 5.93. The molecule has 0 amide bonds. The molecule has 0 spiro atoms. The van der Waals surface area contributed by atoms with Crippen LogP contribution in [0.4, 0.5) is 5.82 Å². The molecule has 0 bridgehead atoms. The highest BCUT2D eigenvalue weighted by molar-refractivity contribution is 5.87. The molecule has 6 nitrogen and oxygen atoms in total. The summed E-state index contributed by atoms with van der Waals surface area (Å²) < 4.78 is 1.69. The summed E-state index contributed by atoms with van der Waals surface area (Å²) in [6.45, 7) is 1.82. The molecule has 0 saturated heterocycles. The number of nitrogen functional groups attached to an aromatic ring is 1. The Bertz CT molecular complexity index is 1160. The van der Waals surface area contributed by atoms with Gasteiger partial charge in [-0.3, -0.25) is 4.98 Å². The van der Waals surface area contributed by atoms with Crippen LogP contribution in [0.1, 0.15) is 12.1 Å². The van der Waals surface area contributed by atoms with Crippen molar-refractivity contribution in [2.75, 3.05) is 18.8 Å². The Balaban J connectivity index is 1.69. The topological polar surface area (TPSA) is 81.1 Å². The first-order valence-electron chi connectivity index (χ1n) is 8.69. The number of benzene rings is 1. The summed E-state index contributed by atoms with van der Waals surface area (Å²) in [5.41, 5.74) is 12.1. The first-order valence-corrected chi connectivity index (χ1v) is 8.69. The number of aromatic nitrogens is 4. The van der Waals surface area contributed by atoms with Crippen LogP contribution >= 0.6 is 0 Å². The number of nitrogens with zero attached hydrogens (tertiary/aromatic N) is 4. The van der Waals surface area contributed by atoms with Gasteiger partial charge in [-0.1, -0.05) is 24.3 Å². The van der Waals surface area contributed by atoms with Crippen LogP contribution in [0.25, 0.3) is 33.3 Å². The number of anilines is 1. The predicted octanol–water partition coefficient (Wildman–Crippen LogP) is 2.90. The van der Waals surface area contributed by atoms with Crippen molar-refractivity contribution in [3.8, 4) is 11.1 Å². The number of nitrogens with two attached hydrogens (primary N) is 1. The maximum atomic E-state index is 6.25. The molecule has 6 heteroatoms. The third-order valence-electron chi connectivity index (χ3n) is 4.79. The van der Waals surface area contributed by atoms with Crippen LogP contribution in [-0.4, -0.2) is 32.7 Å². The Morgan fingerprint density at radius 1 is 1.12 bits per heavy atom. The molecular formula is C20H18N6. The van der Waals surface area contributed by atoms with Gasteiger partial charge in [-0.2, -0.15) is 9.61 Å². The highest BCUT2D eigenvalue weighted by Crippen LogP contribution is 2.29. The third kappa shape index (κ3) is 2.43. The average molecular weight is 342 g/mol. The zero-order valence-electron chi connectivity index (χ0n) is 14.2. The van der Waals surface area contributed by atoms with Gasteiger partial charge < -0.3 is 11.1 Å². The molecular weight excluding hydrogens is 324 g/mol. The summed E-state index contributed by atoms with van der Waals surface area (Å²) in [4.78, 5) is 9.44. The molecule has 4 heterocycles. The van der Waals surface area contributed by atoms with E-state index in [-0.39, 0.29) is 0 Å². The van der Waals surface area contributed by atoms with Gasteiger partial charge in [0.15, 0.2) is 5.65 Å². The average Bonchev–Trinajstić information content (AvgIpc) is 3.13. The number of hydrogen-bond donors (Lipinski definition) is 2. The number of nitrogens with one attached hydrogen (secondary N) is 1. The minimum Gasteiger partial charge on any atom is -0.384 e. The molecule has 3 N–H and O–H groups in total. The molecule has 0 fully saturated rings. The van der Waals surface area contributed by atoms with Crippen molar-refractivity contribution in [2.45, 2.75) is 6.42 Å². The summed E-state index contributed by atoms with van der Waals surface area (Å²) in [6, 6.07) is 12.1. The van der Waals surface area contributed by atoms with Gasteiger partial charge in [0.05, 0.1) is 17.4 Å². The van der Waals surface area contributed by atoms with E-state index in [0.717, 1.165) is 52.9 Å². The van der Waals surface area contributed by atoms with Crippen LogP contribution < -0.4 is 11.1 Å². The Morgan fingerprint density at radius 3 is 2.92 bits per heavy atom. The van der Waals surface area contributed by atoms with Crippen LogP contribution in [0, 0.1) is 0 Å². The molecule has 26 heavy (non-hydrogen) atoms. The standard InChI is InChI=1S/C20H18N6/c21-19-10-18(13-5-7-22-8-6-13)25-20-16(12-24-26(19)20)15-9-14-3-1-2-4-17(14)23-11-15/h1-5,9-12,22H,6-8,21H2. The van der Waals surface area contributed by atoms with E-state index in [9.17, 15) is 0 Å². The minimum atomic E-state index is 0.587. The molecule has 0 radical (unpaired) electrons. The molecule has 0 atom stereocenters. The van der Waals surface area contributed by atoms with Gasteiger partial charge in [-0.15, -0.1) is 0 Å². The fourth-order valence-corrected chi connectivity index (χ4v) is 3.43. The van der Waals surface area contributed by atoms with Gasteiger partial charge in [-0.05, 0) is 30.7 Å². The molecule has 0 saturated carbocycles. The van der Waals surface area contributed by atoms with E-state index >= 15 is 0 Å². The minimum absolute atomic E-state index is 0.587.